The lowest BCUT2D eigenvalue weighted by atomic mass is 9.81. The van der Waals surface area contributed by atoms with Gasteiger partial charge in [-0.3, -0.25) is 9.36 Å². The number of amides is 1. The van der Waals surface area contributed by atoms with Gasteiger partial charge in [0.25, 0.3) is 5.91 Å². The first-order valence-electron chi connectivity index (χ1n) is 13.0. The van der Waals surface area contributed by atoms with Crippen LogP contribution in [0.5, 0.6) is 0 Å². The highest BCUT2D eigenvalue weighted by atomic mass is 35.5. The van der Waals surface area contributed by atoms with Crippen LogP contribution in [0.15, 0.2) is 79.4 Å². The van der Waals surface area contributed by atoms with Gasteiger partial charge < -0.3 is 15.0 Å². The van der Waals surface area contributed by atoms with E-state index in [-0.39, 0.29) is 21.5 Å². The largest absolute Gasteiger partial charge is 0.478 e. The van der Waals surface area contributed by atoms with Gasteiger partial charge in [0.15, 0.2) is 0 Å². The minimum absolute atomic E-state index is 0.185. The Morgan fingerprint density at radius 1 is 1.02 bits per heavy atom. The van der Waals surface area contributed by atoms with Crippen LogP contribution in [-0.4, -0.2) is 36.3 Å². The molecule has 1 atom stereocenters. The van der Waals surface area contributed by atoms with Crippen molar-refractivity contribution in [1.82, 2.24) is 24.6 Å². The second-order valence-electron chi connectivity index (χ2n) is 10.2. The van der Waals surface area contributed by atoms with Gasteiger partial charge in [-0.1, -0.05) is 65.2 Å². The molecule has 0 bridgehead atoms. The van der Waals surface area contributed by atoms with Gasteiger partial charge in [-0.2, -0.15) is 0 Å². The van der Waals surface area contributed by atoms with Gasteiger partial charge in [0.1, 0.15) is 12.7 Å². The van der Waals surface area contributed by atoms with Crippen LogP contribution < -0.4 is 5.32 Å². The summed E-state index contributed by atoms with van der Waals surface area (Å²) in [5, 5.41) is 21.7. The van der Waals surface area contributed by atoms with E-state index in [2.05, 4.69) is 26.1 Å². The zero-order valence-corrected chi connectivity index (χ0v) is 23.5. The van der Waals surface area contributed by atoms with Crippen molar-refractivity contribution in [3.63, 3.8) is 0 Å². The molecule has 0 aliphatic carbocycles. The predicted octanol–water partition coefficient (Wildman–Crippen LogP) is 6.21. The van der Waals surface area contributed by atoms with E-state index in [4.69, 9.17) is 23.2 Å². The van der Waals surface area contributed by atoms with Gasteiger partial charge >= 0.3 is 5.97 Å². The van der Waals surface area contributed by atoms with Crippen molar-refractivity contribution >= 4 is 52.1 Å². The van der Waals surface area contributed by atoms with E-state index in [1.165, 1.54) is 18.7 Å². The Morgan fingerprint density at radius 2 is 1.73 bits per heavy atom. The summed E-state index contributed by atoms with van der Waals surface area (Å²) < 4.78 is 3.84. The molecule has 8 nitrogen and oxygen atoms in total. The second-order valence-corrected chi connectivity index (χ2v) is 11.0. The number of carboxylic acid groups (broad SMARTS) is 1. The highest BCUT2D eigenvalue weighted by Crippen LogP contribution is 2.40. The van der Waals surface area contributed by atoms with Crippen LogP contribution in [-0.2, 0) is 23.3 Å². The van der Waals surface area contributed by atoms with E-state index in [0.29, 0.717) is 25.1 Å². The zero-order valence-electron chi connectivity index (χ0n) is 22.0. The Kier molecular flexibility index (Phi) is 6.89. The third-order valence-electron chi connectivity index (χ3n) is 7.63. The van der Waals surface area contributed by atoms with Crippen LogP contribution in [0.25, 0.3) is 22.7 Å². The van der Waals surface area contributed by atoms with Gasteiger partial charge in [-0.05, 0) is 55.7 Å². The van der Waals surface area contributed by atoms with Gasteiger partial charge in [0.05, 0.1) is 33.4 Å². The molecule has 206 valence electrons. The molecular formula is C31H25Cl2N5O3. The monoisotopic (exact) mass is 585 g/mol. The summed E-state index contributed by atoms with van der Waals surface area (Å²) in [4.78, 5) is 25.3. The minimum atomic E-state index is -1.00. The number of nitrogens with one attached hydrogen (secondary N) is 1. The summed E-state index contributed by atoms with van der Waals surface area (Å²) in [6.07, 6.45) is 7.08. The maximum Gasteiger partial charge on any atom is 0.328 e. The number of carboxylic acids is 1. The SMILES string of the molecule is Cc1ccc2c(c1)c(/C=C/C(=O)O)c1n2C[C@@](NC(=O)c2c(Cl)cc(-n3cnnc3)cc2Cl)(c2ccccc2)CC1. The molecule has 2 N–H and O–H groups in total. The van der Waals surface area contributed by atoms with E-state index in [1.54, 1.807) is 22.8 Å². The van der Waals surface area contributed by atoms with Crippen molar-refractivity contribution in [3.05, 3.63) is 117 Å². The smallest absolute Gasteiger partial charge is 0.328 e. The summed E-state index contributed by atoms with van der Waals surface area (Å²) in [7, 11) is 0. The molecule has 0 spiro atoms. The fourth-order valence-electron chi connectivity index (χ4n) is 5.73. The van der Waals surface area contributed by atoms with Crippen LogP contribution in [0.2, 0.25) is 10.0 Å². The summed E-state index contributed by atoms with van der Waals surface area (Å²) in [5.74, 6) is -1.39. The van der Waals surface area contributed by atoms with Crippen LogP contribution >= 0.6 is 23.2 Å². The van der Waals surface area contributed by atoms with Crippen molar-refractivity contribution in [2.75, 3.05) is 0 Å². The molecule has 3 aromatic carbocycles. The number of nitrogens with zero attached hydrogens (tertiary/aromatic N) is 4. The van der Waals surface area contributed by atoms with Gasteiger partial charge in [0, 0.05) is 28.2 Å². The number of carbonyl (C=O) groups is 2. The topological polar surface area (TPSA) is 102 Å². The Hall–Kier alpha value is -4.40. The van der Waals surface area contributed by atoms with Crippen molar-refractivity contribution < 1.29 is 14.7 Å². The molecule has 1 aliphatic rings. The molecule has 0 saturated heterocycles. The summed E-state index contributed by atoms with van der Waals surface area (Å²) >= 11 is 13.3. The Morgan fingerprint density at radius 3 is 2.41 bits per heavy atom. The maximum atomic E-state index is 13.9. The molecule has 0 radical (unpaired) electrons. The molecule has 1 amide bonds. The summed E-state index contributed by atoms with van der Waals surface area (Å²) in [5.41, 5.74) is 4.95. The number of halogens is 2. The molecule has 0 saturated carbocycles. The molecule has 5 aromatic rings. The Bertz CT molecular complexity index is 1810. The second kappa shape index (κ2) is 10.5. The number of hydrogen-bond acceptors (Lipinski definition) is 4. The molecule has 3 heterocycles. The highest BCUT2D eigenvalue weighted by Gasteiger charge is 2.40. The quantitative estimate of drug-likeness (QED) is 0.231. The van der Waals surface area contributed by atoms with E-state index >= 15 is 0 Å². The average molecular weight is 586 g/mol. The minimum Gasteiger partial charge on any atom is -0.478 e. The number of rotatable bonds is 6. The third-order valence-corrected chi connectivity index (χ3v) is 8.23. The molecule has 0 fully saturated rings. The van der Waals surface area contributed by atoms with E-state index in [9.17, 15) is 14.7 Å². The summed E-state index contributed by atoms with van der Waals surface area (Å²) in [6, 6.07) is 19.3. The zero-order chi connectivity index (χ0) is 28.7. The first-order chi connectivity index (χ1) is 19.8. The Labute approximate surface area is 245 Å². The van der Waals surface area contributed by atoms with Crippen LogP contribution in [0.4, 0.5) is 0 Å². The first-order valence-corrected chi connectivity index (χ1v) is 13.8. The first kappa shape index (κ1) is 26.8. The van der Waals surface area contributed by atoms with Crippen molar-refractivity contribution in [1.29, 1.82) is 0 Å². The standard InChI is InChI=1S/C31H25Cl2N5O3/c1-19-7-9-26-23(13-19)22(8-10-28(39)40)27-11-12-31(16-38(26)27,20-5-3-2-4-6-20)36-30(41)29-24(32)14-21(15-25(29)33)37-17-34-35-18-37/h2-10,13-15,17-18H,11-12,16H2,1H3,(H,36,41)(H,39,40)/b10-8+/t31-/m1/s1. The number of aromatic nitrogens is 4. The molecule has 0 unspecified atom stereocenters. The summed E-state index contributed by atoms with van der Waals surface area (Å²) in [6.45, 7) is 2.45. The average Bonchev–Trinajstić information content (AvgIpc) is 3.58. The van der Waals surface area contributed by atoms with Gasteiger partial charge in [0.2, 0.25) is 0 Å². The lowest BCUT2D eigenvalue weighted by molar-refractivity contribution is -0.131. The maximum absolute atomic E-state index is 13.9. The third kappa shape index (κ3) is 4.90. The highest BCUT2D eigenvalue weighted by molar-refractivity contribution is 6.40. The van der Waals surface area contributed by atoms with Gasteiger partial charge in [-0.15, -0.1) is 10.2 Å². The predicted molar refractivity (Wildman–Crippen MR) is 159 cm³/mol. The number of benzene rings is 3. The van der Waals surface area contributed by atoms with E-state index in [0.717, 1.165) is 33.3 Å². The van der Waals surface area contributed by atoms with Gasteiger partial charge in [-0.25, -0.2) is 4.79 Å². The van der Waals surface area contributed by atoms with Crippen molar-refractivity contribution in [3.8, 4) is 5.69 Å². The van der Waals surface area contributed by atoms with Crippen molar-refractivity contribution in [2.45, 2.75) is 31.8 Å². The number of fused-ring (bicyclic) bond motifs is 3. The van der Waals surface area contributed by atoms with Crippen LogP contribution in [0.3, 0.4) is 0 Å². The fourth-order valence-corrected chi connectivity index (χ4v) is 6.37. The number of aryl methyl sites for hydroxylation is 1. The molecule has 2 aromatic heterocycles. The number of carbonyl (C=O) groups excluding carboxylic acids is 1. The normalized spacial score (nSPS) is 16.7. The molecular weight excluding hydrogens is 561 g/mol. The molecule has 6 rings (SSSR count). The molecule has 41 heavy (non-hydrogen) atoms. The van der Waals surface area contributed by atoms with E-state index in [1.807, 2.05) is 49.4 Å². The van der Waals surface area contributed by atoms with Crippen LogP contribution in [0, 0.1) is 6.92 Å². The fraction of sp³-hybridized carbons (Fsp3) is 0.161. The number of aliphatic carboxylic acids is 1. The van der Waals surface area contributed by atoms with Crippen LogP contribution in [0.1, 0.15) is 39.2 Å². The number of hydrogen-bond donors (Lipinski definition) is 2. The Balaban J connectivity index is 1.44. The molecule has 10 heteroatoms. The molecule has 1 aliphatic heterocycles. The van der Waals surface area contributed by atoms with Crippen molar-refractivity contribution in [2.24, 2.45) is 0 Å². The lowest BCUT2D eigenvalue weighted by Gasteiger charge is -2.40. The van der Waals surface area contributed by atoms with E-state index < -0.39 is 11.5 Å². The lowest BCUT2D eigenvalue weighted by Crippen LogP contribution is -2.51.